The normalized spacial score (nSPS) is 12.0. The number of phenolic OH excluding ortho intramolecular Hbond substituents is 1. The van der Waals surface area contributed by atoms with Gasteiger partial charge in [0.2, 0.25) is 5.75 Å². The highest BCUT2D eigenvalue weighted by molar-refractivity contribution is 9.10. The van der Waals surface area contributed by atoms with E-state index in [1.807, 2.05) is 0 Å². The molecule has 0 saturated carbocycles. The zero-order valence-electron chi connectivity index (χ0n) is 10.4. The van der Waals surface area contributed by atoms with Crippen molar-refractivity contribution in [2.45, 2.75) is 13.3 Å². The van der Waals surface area contributed by atoms with E-state index in [0.717, 1.165) is 0 Å². The van der Waals surface area contributed by atoms with E-state index in [0.29, 0.717) is 15.8 Å². The van der Waals surface area contributed by atoms with Crippen molar-refractivity contribution in [1.29, 1.82) is 0 Å². The second-order valence-electron chi connectivity index (χ2n) is 3.86. The Bertz CT molecular complexity index is 458. The van der Waals surface area contributed by atoms with Crippen LogP contribution in [0.25, 0.3) is 0 Å². The molecule has 0 bridgehead atoms. The molecule has 5 nitrogen and oxygen atoms in total. The van der Waals surface area contributed by atoms with Gasteiger partial charge in [-0.15, -0.1) is 0 Å². The first-order valence-corrected chi connectivity index (χ1v) is 6.06. The molecular formula is C12H15BrO5. The molecule has 1 aromatic rings. The second-order valence-corrected chi connectivity index (χ2v) is 4.72. The van der Waals surface area contributed by atoms with E-state index in [4.69, 9.17) is 14.6 Å². The molecule has 1 rings (SSSR count). The van der Waals surface area contributed by atoms with E-state index in [-0.39, 0.29) is 17.9 Å². The molecule has 100 valence electrons. The maximum Gasteiger partial charge on any atom is 0.306 e. The number of carboxylic acid groups (broad SMARTS) is 1. The standard InChI is InChI=1S/C12H15BrO5/c1-6(12(15)16)4-7-8(13)5-9(17-2)11(18-3)10(7)14/h5-6,14H,4H2,1-3H3,(H,15,16). The van der Waals surface area contributed by atoms with Gasteiger partial charge in [-0.2, -0.15) is 0 Å². The summed E-state index contributed by atoms with van der Waals surface area (Å²) in [6.07, 6.45) is 0.197. The van der Waals surface area contributed by atoms with E-state index >= 15 is 0 Å². The number of aromatic hydroxyl groups is 1. The van der Waals surface area contributed by atoms with Crippen LogP contribution in [0.15, 0.2) is 10.5 Å². The number of methoxy groups -OCH3 is 2. The van der Waals surface area contributed by atoms with Crippen LogP contribution in [-0.4, -0.2) is 30.4 Å². The van der Waals surface area contributed by atoms with Gasteiger partial charge < -0.3 is 19.7 Å². The Morgan fingerprint density at radius 3 is 2.50 bits per heavy atom. The van der Waals surface area contributed by atoms with Gasteiger partial charge in [0.25, 0.3) is 0 Å². The largest absolute Gasteiger partial charge is 0.504 e. The van der Waals surface area contributed by atoms with Gasteiger partial charge in [0, 0.05) is 10.0 Å². The highest BCUT2D eigenvalue weighted by Crippen LogP contribution is 2.43. The van der Waals surface area contributed by atoms with E-state index in [1.54, 1.807) is 13.0 Å². The predicted octanol–water partition coefficient (Wildman–Crippen LogP) is 2.44. The van der Waals surface area contributed by atoms with E-state index in [9.17, 15) is 9.90 Å². The molecule has 0 fully saturated rings. The first-order valence-electron chi connectivity index (χ1n) is 5.27. The molecule has 0 aliphatic carbocycles. The van der Waals surface area contributed by atoms with Gasteiger partial charge in [-0.1, -0.05) is 22.9 Å². The highest BCUT2D eigenvalue weighted by Gasteiger charge is 2.21. The highest BCUT2D eigenvalue weighted by atomic mass is 79.9. The Balaban J connectivity index is 3.24. The van der Waals surface area contributed by atoms with Crippen LogP contribution >= 0.6 is 15.9 Å². The third-order valence-corrected chi connectivity index (χ3v) is 3.33. The first-order chi connectivity index (χ1) is 8.42. The fourth-order valence-electron chi connectivity index (χ4n) is 1.57. The third-order valence-electron chi connectivity index (χ3n) is 2.63. The summed E-state index contributed by atoms with van der Waals surface area (Å²) in [7, 11) is 2.87. The average Bonchev–Trinajstić information content (AvgIpc) is 2.33. The topological polar surface area (TPSA) is 76.0 Å². The van der Waals surface area contributed by atoms with Crippen LogP contribution in [0.5, 0.6) is 17.2 Å². The third kappa shape index (κ3) is 2.87. The lowest BCUT2D eigenvalue weighted by atomic mass is 10.00. The Hall–Kier alpha value is -1.43. The van der Waals surface area contributed by atoms with E-state index in [1.165, 1.54) is 14.2 Å². The number of carbonyl (C=O) groups is 1. The van der Waals surface area contributed by atoms with Crippen molar-refractivity contribution in [3.63, 3.8) is 0 Å². The number of hydrogen-bond acceptors (Lipinski definition) is 4. The quantitative estimate of drug-likeness (QED) is 0.872. The van der Waals surface area contributed by atoms with Gasteiger partial charge in [-0.3, -0.25) is 4.79 Å². The van der Waals surface area contributed by atoms with Crippen molar-refractivity contribution in [1.82, 2.24) is 0 Å². The molecule has 1 aromatic carbocycles. The molecule has 0 aliphatic heterocycles. The zero-order valence-corrected chi connectivity index (χ0v) is 11.9. The van der Waals surface area contributed by atoms with Gasteiger partial charge in [0.15, 0.2) is 11.5 Å². The number of carboxylic acids is 1. The number of ether oxygens (including phenoxy) is 2. The maximum absolute atomic E-state index is 10.9. The molecule has 1 unspecified atom stereocenters. The fourth-order valence-corrected chi connectivity index (χ4v) is 2.13. The monoisotopic (exact) mass is 318 g/mol. The Kier molecular flexibility index (Phi) is 4.84. The van der Waals surface area contributed by atoms with Crippen LogP contribution in [0.2, 0.25) is 0 Å². The minimum absolute atomic E-state index is 0.100. The van der Waals surface area contributed by atoms with Crippen molar-refractivity contribution in [3.8, 4) is 17.2 Å². The Labute approximate surface area is 113 Å². The van der Waals surface area contributed by atoms with Gasteiger partial charge >= 0.3 is 5.97 Å². The summed E-state index contributed by atoms with van der Waals surface area (Å²) in [6.45, 7) is 1.57. The van der Waals surface area contributed by atoms with Crippen LogP contribution in [0, 0.1) is 5.92 Å². The summed E-state index contributed by atoms with van der Waals surface area (Å²) in [5, 5.41) is 19.0. The SMILES string of the molecule is COc1cc(Br)c(CC(C)C(=O)O)c(O)c1OC. The molecule has 18 heavy (non-hydrogen) atoms. The average molecular weight is 319 g/mol. The molecule has 0 saturated heterocycles. The van der Waals surface area contributed by atoms with Crippen LogP contribution in [-0.2, 0) is 11.2 Å². The summed E-state index contributed by atoms with van der Waals surface area (Å²) in [4.78, 5) is 10.9. The molecule has 0 aromatic heterocycles. The van der Waals surface area contributed by atoms with Gasteiger partial charge in [0.1, 0.15) is 0 Å². The Morgan fingerprint density at radius 2 is 2.06 bits per heavy atom. The molecule has 0 spiro atoms. The van der Waals surface area contributed by atoms with Crippen LogP contribution in [0.1, 0.15) is 12.5 Å². The minimum atomic E-state index is -0.920. The van der Waals surface area contributed by atoms with Gasteiger partial charge in [-0.25, -0.2) is 0 Å². The number of benzene rings is 1. The van der Waals surface area contributed by atoms with E-state index in [2.05, 4.69) is 15.9 Å². The number of hydrogen-bond donors (Lipinski definition) is 2. The molecule has 6 heteroatoms. The van der Waals surface area contributed by atoms with Crippen LogP contribution in [0.3, 0.4) is 0 Å². The number of rotatable bonds is 5. The first kappa shape index (κ1) is 14.6. The molecule has 0 aliphatic rings. The summed E-state index contributed by atoms with van der Waals surface area (Å²) < 4.78 is 10.7. The second kappa shape index (κ2) is 5.95. The lowest BCUT2D eigenvalue weighted by molar-refractivity contribution is -0.141. The summed E-state index contributed by atoms with van der Waals surface area (Å²) in [5.74, 6) is -1.04. The van der Waals surface area contributed by atoms with Crippen molar-refractivity contribution >= 4 is 21.9 Å². The van der Waals surface area contributed by atoms with Crippen molar-refractivity contribution in [2.75, 3.05) is 14.2 Å². The molecular weight excluding hydrogens is 304 g/mol. The predicted molar refractivity (Wildman–Crippen MR) is 69.4 cm³/mol. The van der Waals surface area contributed by atoms with E-state index < -0.39 is 11.9 Å². The summed E-state index contributed by atoms with van der Waals surface area (Å²) >= 11 is 3.29. The minimum Gasteiger partial charge on any atom is -0.504 e. The van der Waals surface area contributed by atoms with Gasteiger partial charge in [-0.05, 0) is 12.5 Å². The molecule has 0 radical (unpaired) electrons. The summed E-state index contributed by atoms with van der Waals surface area (Å²) in [6, 6.07) is 1.64. The number of phenols is 1. The fraction of sp³-hybridized carbons (Fsp3) is 0.417. The van der Waals surface area contributed by atoms with Crippen molar-refractivity contribution < 1.29 is 24.5 Å². The van der Waals surface area contributed by atoms with Crippen LogP contribution in [0.4, 0.5) is 0 Å². The molecule has 0 amide bonds. The smallest absolute Gasteiger partial charge is 0.306 e. The lowest BCUT2D eigenvalue weighted by Crippen LogP contribution is -2.13. The molecule has 0 heterocycles. The van der Waals surface area contributed by atoms with Crippen LogP contribution < -0.4 is 9.47 Å². The number of aliphatic carboxylic acids is 1. The van der Waals surface area contributed by atoms with Crippen molar-refractivity contribution in [2.24, 2.45) is 5.92 Å². The Morgan fingerprint density at radius 1 is 1.44 bits per heavy atom. The molecule has 1 atom stereocenters. The molecule has 2 N–H and O–H groups in total. The zero-order chi connectivity index (χ0) is 13.9. The number of halogens is 1. The maximum atomic E-state index is 10.9. The van der Waals surface area contributed by atoms with Crippen molar-refractivity contribution in [3.05, 3.63) is 16.1 Å². The van der Waals surface area contributed by atoms with Gasteiger partial charge in [0.05, 0.1) is 20.1 Å². The lowest BCUT2D eigenvalue weighted by Gasteiger charge is -2.16. The summed E-state index contributed by atoms with van der Waals surface area (Å²) in [5.41, 5.74) is 0.488.